The molecular formula is C29H42F2O. The fraction of sp³-hybridized carbons (Fsp3) is 0.724. The zero-order valence-corrected chi connectivity index (χ0v) is 20.1. The highest BCUT2D eigenvalue weighted by Gasteiger charge is 2.33. The Bertz CT molecular complexity index is 757. The van der Waals surface area contributed by atoms with E-state index in [0.717, 1.165) is 43.4 Å². The minimum absolute atomic E-state index is 0.0307. The van der Waals surface area contributed by atoms with Crippen LogP contribution in [0.2, 0.25) is 0 Å². The minimum Gasteiger partial charge on any atom is -0.491 e. The molecule has 0 radical (unpaired) electrons. The lowest BCUT2D eigenvalue weighted by molar-refractivity contribution is 0.186. The molecule has 0 saturated heterocycles. The highest BCUT2D eigenvalue weighted by atomic mass is 19.2. The van der Waals surface area contributed by atoms with Gasteiger partial charge in [0.15, 0.2) is 11.6 Å². The van der Waals surface area contributed by atoms with Crippen LogP contribution < -0.4 is 4.74 Å². The Morgan fingerprint density at radius 3 is 1.88 bits per heavy atom. The normalized spacial score (nSPS) is 33.2. The van der Waals surface area contributed by atoms with Crippen LogP contribution in [-0.4, -0.2) is 6.61 Å². The van der Waals surface area contributed by atoms with Crippen LogP contribution in [0.4, 0.5) is 8.78 Å². The quantitative estimate of drug-likeness (QED) is 0.382. The van der Waals surface area contributed by atoms with Gasteiger partial charge in [-0.3, -0.25) is 0 Å². The van der Waals surface area contributed by atoms with Crippen LogP contribution in [0.1, 0.15) is 102 Å². The fourth-order valence-electron chi connectivity index (χ4n) is 6.95. The zero-order valence-electron chi connectivity index (χ0n) is 20.1. The average Bonchev–Trinajstić information content (AvgIpc) is 2.83. The predicted octanol–water partition coefficient (Wildman–Crippen LogP) is 8.83. The third-order valence-electron chi connectivity index (χ3n) is 8.83. The monoisotopic (exact) mass is 444 g/mol. The van der Waals surface area contributed by atoms with Gasteiger partial charge in [-0.25, -0.2) is 4.39 Å². The van der Waals surface area contributed by atoms with E-state index in [0.29, 0.717) is 24.0 Å². The highest BCUT2D eigenvalue weighted by Crippen LogP contribution is 2.45. The number of allylic oxidation sites excluding steroid dienone is 2. The standard InChI is InChI=1S/C29H42F2O/c1-3-5-20-6-8-21(9-7-20)22-10-12-23(13-11-22)24-14-16-25(17-15-24)26-18-19-27(32-4-2)29(31)28(26)30/h10,12,18-25H,3-9,11,13-17H2,1-2H3. The second-order valence-electron chi connectivity index (χ2n) is 10.7. The minimum atomic E-state index is -0.823. The van der Waals surface area contributed by atoms with Crippen molar-refractivity contribution in [3.05, 3.63) is 41.5 Å². The van der Waals surface area contributed by atoms with E-state index in [4.69, 9.17) is 4.74 Å². The predicted molar refractivity (Wildman–Crippen MR) is 128 cm³/mol. The van der Waals surface area contributed by atoms with Gasteiger partial charge in [-0.1, -0.05) is 50.8 Å². The van der Waals surface area contributed by atoms with Crippen molar-refractivity contribution in [3.8, 4) is 5.75 Å². The molecule has 178 valence electrons. The van der Waals surface area contributed by atoms with Crippen molar-refractivity contribution in [2.45, 2.75) is 96.8 Å². The van der Waals surface area contributed by atoms with Gasteiger partial charge < -0.3 is 4.74 Å². The number of hydrogen-bond acceptors (Lipinski definition) is 1. The molecule has 3 heteroatoms. The number of benzene rings is 1. The Morgan fingerprint density at radius 2 is 1.34 bits per heavy atom. The summed E-state index contributed by atoms with van der Waals surface area (Å²) >= 11 is 0. The topological polar surface area (TPSA) is 9.23 Å². The van der Waals surface area contributed by atoms with E-state index in [1.54, 1.807) is 19.1 Å². The Morgan fingerprint density at radius 1 is 0.750 bits per heavy atom. The van der Waals surface area contributed by atoms with Crippen LogP contribution in [0.15, 0.2) is 24.3 Å². The second-order valence-corrected chi connectivity index (χ2v) is 10.7. The van der Waals surface area contributed by atoms with Crippen LogP contribution in [0.3, 0.4) is 0 Å². The van der Waals surface area contributed by atoms with Crippen LogP contribution in [0.25, 0.3) is 0 Å². The van der Waals surface area contributed by atoms with Crippen molar-refractivity contribution in [2.75, 3.05) is 6.61 Å². The third-order valence-corrected chi connectivity index (χ3v) is 8.83. The van der Waals surface area contributed by atoms with Gasteiger partial charge in [-0.05, 0) is 105 Å². The molecule has 2 unspecified atom stereocenters. The van der Waals surface area contributed by atoms with E-state index < -0.39 is 11.6 Å². The molecule has 0 spiro atoms. The maximum atomic E-state index is 14.6. The summed E-state index contributed by atoms with van der Waals surface area (Å²) in [5.74, 6) is 2.73. The van der Waals surface area contributed by atoms with Crippen LogP contribution >= 0.6 is 0 Å². The van der Waals surface area contributed by atoms with Crippen LogP contribution in [-0.2, 0) is 0 Å². The van der Waals surface area contributed by atoms with Crippen molar-refractivity contribution < 1.29 is 13.5 Å². The van der Waals surface area contributed by atoms with Gasteiger partial charge in [0.2, 0.25) is 5.82 Å². The number of hydrogen-bond donors (Lipinski definition) is 0. The molecule has 1 aromatic rings. The van der Waals surface area contributed by atoms with E-state index in [2.05, 4.69) is 19.1 Å². The first-order valence-electron chi connectivity index (χ1n) is 13.4. The van der Waals surface area contributed by atoms with Crippen LogP contribution in [0, 0.1) is 41.2 Å². The molecule has 0 aliphatic heterocycles. The van der Waals surface area contributed by atoms with Crippen molar-refractivity contribution in [1.82, 2.24) is 0 Å². The summed E-state index contributed by atoms with van der Waals surface area (Å²) in [6.07, 6.45) is 20.4. The second kappa shape index (κ2) is 11.2. The van der Waals surface area contributed by atoms with Gasteiger partial charge in [0.25, 0.3) is 0 Å². The molecule has 4 rings (SSSR count). The molecule has 32 heavy (non-hydrogen) atoms. The van der Waals surface area contributed by atoms with E-state index in [-0.39, 0.29) is 11.7 Å². The maximum absolute atomic E-state index is 14.6. The zero-order chi connectivity index (χ0) is 22.5. The Balaban J connectivity index is 1.27. The first-order chi connectivity index (χ1) is 15.6. The van der Waals surface area contributed by atoms with Gasteiger partial charge in [-0.2, -0.15) is 4.39 Å². The molecule has 0 bridgehead atoms. The first-order valence-corrected chi connectivity index (χ1v) is 13.4. The molecule has 0 aromatic heterocycles. The molecule has 2 fully saturated rings. The molecule has 3 aliphatic carbocycles. The van der Waals surface area contributed by atoms with Gasteiger partial charge >= 0.3 is 0 Å². The molecule has 0 N–H and O–H groups in total. The van der Waals surface area contributed by atoms with Crippen molar-refractivity contribution in [2.24, 2.45) is 29.6 Å². The van der Waals surface area contributed by atoms with E-state index in [1.807, 2.05) is 0 Å². The van der Waals surface area contributed by atoms with Gasteiger partial charge in [-0.15, -0.1) is 0 Å². The summed E-state index contributed by atoms with van der Waals surface area (Å²) < 4.78 is 34.2. The van der Waals surface area contributed by atoms with Gasteiger partial charge in [0.1, 0.15) is 0 Å². The lowest BCUT2D eigenvalue weighted by atomic mass is 9.67. The summed E-state index contributed by atoms with van der Waals surface area (Å²) in [6, 6.07) is 3.35. The van der Waals surface area contributed by atoms with E-state index in [9.17, 15) is 8.78 Å². The summed E-state index contributed by atoms with van der Waals surface area (Å²) in [7, 11) is 0. The van der Waals surface area contributed by atoms with Crippen LogP contribution in [0.5, 0.6) is 5.75 Å². The smallest absolute Gasteiger partial charge is 0.200 e. The number of halogens is 2. The first kappa shape index (κ1) is 23.8. The van der Waals surface area contributed by atoms with Crippen molar-refractivity contribution in [3.63, 3.8) is 0 Å². The Hall–Kier alpha value is -1.38. The largest absolute Gasteiger partial charge is 0.491 e. The summed E-state index contributed by atoms with van der Waals surface area (Å²) in [4.78, 5) is 0. The average molecular weight is 445 g/mol. The molecule has 1 aromatic carbocycles. The molecule has 0 heterocycles. The third kappa shape index (κ3) is 5.39. The molecule has 2 saturated carbocycles. The molecule has 3 aliphatic rings. The lowest BCUT2D eigenvalue weighted by Crippen LogP contribution is -2.26. The lowest BCUT2D eigenvalue weighted by Gasteiger charge is -2.38. The molecule has 0 amide bonds. The van der Waals surface area contributed by atoms with Gasteiger partial charge in [0.05, 0.1) is 6.61 Å². The number of rotatable bonds is 7. The highest BCUT2D eigenvalue weighted by molar-refractivity contribution is 5.33. The van der Waals surface area contributed by atoms with Gasteiger partial charge in [0, 0.05) is 0 Å². The summed E-state index contributed by atoms with van der Waals surface area (Å²) in [6.45, 7) is 4.44. The van der Waals surface area contributed by atoms with Crippen molar-refractivity contribution in [1.29, 1.82) is 0 Å². The van der Waals surface area contributed by atoms with E-state index in [1.165, 1.54) is 51.4 Å². The Kier molecular flexibility index (Phi) is 8.29. The Labute approximate surface area is 194 Å². The molecular weight excluding hydrogens is 402 g/mol. The summed E-state index contributed by atoms with van der Waals surface area (Å²) in [5.41, 5.74) is 0.544. The maximum Gasteiger partial charge on any atom is 0.200 e. The molecule has 1 nitrogen and oxygen atoms in total. The van der Waals surface area contributed by atoms with E-state index >= 15 is 0 Å². The summed E-state index contributed by atoms with van der Waals surface area (Å²) in [5, 5.41) is 0. The SMILES string of the molecule is CCCC1CCC(C2C=CC(C3CCC(c4ccc(OCC)c(F)c4F)CC3)CC2)CC1. The molecule has 2 atom stereocenters. The number of ether oxygens (including phenoxy) is 1. The fourth-order valence-corrected chi connectivity index (χ4v) is 6.95. The van der Waals surface area contributed by atoms with Crippen molar-refractivity contribution >= 4 is 0 Å².